The summed E-state index contributed by atoms with van der Waals surface area (Å²) in [5.41, 5.74) is 3.10. The lowest BCUT2D eigenvalue weighted by Crippen LogP contribution is -2.25. The molecular weight excluding hydrogens is 336 g/mol. The number of pyridine rings is 2. The van der Waals surface area contributed by atoms with Gasteiger partial charge >= 0.3 is 0 Å². The van der Waals surface area contributed by atoms with Crippen molar-refractivity contribution in [1.29, 1.82) is 0 Å². The maximum Gasteiger partial charge on any atom is 0.251 e. The molecule has 8 heteroatoms. The smallest absolute Gasteiger partial charge is 0.251 e. The summed E-state index contributed by atoms with van der Waals surface area (Å²) in [7, 11) is 0. The van der Waals surface area contributed by atoms with Crippen molar-refractivity contribution in [3.05, 3.63) is 64.9 Å². The Morgan fingerprint density at radius 3 is 3.08 bits per heavy atom. The average molecular weight is 350 g/mol. The third-order valence-electron chi connectivity index (χ3n) is 3.67. The lowest BCUT2D eigenvalue weighted by atomic mass is 10.2. The van der Waals surface area contributed by atoms with Gasteiger partial charge < -0.3 is 5.32 Å². The van der Waals surface area contributed by atoms with Gasteiger partial charge in [-0.1, -0.05) is 11.3 Å². The Bertz CT molecular complexity index is 1010. The van der Waals surface area contributed by atoms with Gasteiger partial charge in [0.1, 0.15) is 0 Å². The summed E-state index contributed by atoms with van der Waals surface area (Å²) in [6, 6.07) is 9.23. The molecule has 0 aliphatic carbocycles. The van der Waals surface area contributed by atoms with Gasteiger partial charge in [0.25, 0.3) is 5.91 Å². The van der Waals surface area contributed by atoms with E-state index < -0.39 is 0 Å². The predicted molar refractivity (Wildman–Crippen MR) is 94.4 cm³/mol. The van der Waals surface area contributed by atoms with Crippen molar-refractivity contribution >= 4 is 22.8 Å². The second-order valence-corrected chi connectivity index (χ2v) is 6.31. The number of carbonyl (C=O) groups is 1. The fraction of sp³-hybridized carbons (Fsp3) is 0.118. The van der Waals surface area contributed by atoms with Crippen LogP contribution in [0.15, 0.2) is 54.3 Å². The highest BCUT2D eigenvalue weighted by Gasteiger charge is 2.09. The molecule has 1 amide bonds. The number of hydrogen-bond acceptors (Lipinski definition) is 6. The minimum absolute atomic E-state index is 0.120. The van der Waals surface area contributed by atoms with E-state index in [2.05, 4.69) is 25.6 Å². The van der Waals surface area contributed by atoms with Gasteiger partial charge in [0.15, 0.2) is 0 Å². The lowest BCUT2D eigenvalue weighted by Gasteiger charge is -2.04. The van der Waals surface area contributed by atoms with Gasteiger partial charge in [0.05, 0.1) is 28.1 Å². The van der Waals surface area contributed by atoms with Crippen LogP contribution < -0.4 is 5.32 Å². The summed E-state index contributed by atoms with van der Waals surface area (Å²) in [4.78, 5) is 21.1. The molecule has 4 rings (SSSR count). The van der Waals surface area contributed by atoms with Gasteiger partial charge in [-0.2, -0.15) is 0 Å². The van der Waals surface area contributed by atoms with E-state index in [0.29, 0.717) is 18.5 Å². The predicted octanol–water partition coefficient (Wildman–Crippen LogP) is 2.22. The van der Waals surface area contributed by atoms with E-state index in [-0.39, 0.29) is 5.91 Å². The molecule has 7 nitrogen and oxygen atoms in total. The lowest BCUT2D eigenvalue weighted by molar-refractivity contribution is 0.0954. The quantitative estimate of drug-likeness (QED) is 0.596. The summed E-state index contributed by atoms with van der Waals surface area (Å²) in [5, 5.41) is 13.5. The van der Waals surface area contributed by atoms with Gasteiger partial charge in [0.2, 0.25) is 0 Å². The number of aromatic nitrogens is 5. The Kier molecular flexibility index (Phi) is 4.17. The zero-order chi connectivity index (χ0) is 17.1. The van der Waals surface area contributed by atoms with Crippen LogP contribution in [0.3, 0.4) is 0 Å². The molecule has 0 fully saturated rings. The zero-order valence-electron chi connectivity index (χ0n) is 13.2. The molecule has 0 bridgehead atoms. The number of amides is 1. The largest absolute Gasteiger partial charge is 0.352 e. The van der Waals surface area contributed by atoms with Crippen LogP contribution in [0, 0.1) is 0 Å². The third-order valence-corrected chi connectivity index (χ3v) is 4.58. The van der Waals surface area contributed by atoms with Crippen LogP contribution in [0.1, 0.15) is 15.4 Å². The maximum atomic E-state index is 12.2. The minimum atomic E-state index is -0.120. The van der Waals surface area contributed by atoms with Gasteiger partial charge in [-0.05, 0) is 24.3 Å². The van der Waals surface area contributed by atoms with Gasteiger partial charge in [0, 0.05) is 36.3 Å². The molecule has 124 valence electrons. The third kappa shape index (κ3) is 3.38. The van der Waals surface area contributed by atoms with Crippen LogP contribution in [-0.4, -0.2) is 37.2 Å². The molecule has 1 N–H and O–H groups in total. The Morgan fingerprint density at radius 1 is 1.24 bits per heavy atom. The summed E-state index contributed by atoms with van der Waals surface area (Å²) in [5.74, 6) is -0.120. The normalized spacial score (nSPS) is 10.9. The van der Waals surface area contributed by atoms with E-state index in [1.165, 1.54) is 0 Å². The molecule has 4 aromatic rings. The fourth-order valence-electron chi connectivity index (χ4n) is 2.41. The highest BCUT2D eigenvalue weighted by molar-refractivity contribution is 7.09. The SMILES string of the molecule is O=C(NCCc1nc(-c2ccccn2)cs1)c1ccn2nncc2c1. The molecule has 4 aromatic heterocycles. The van der Waals surface area contributed by atoms with Crippen LogP contribution in [0.5, 0.6) is 0 Å². The first-order chi connectivity index (χ1) is 12.3. The fourth-order valence-corrected chi connectivity index (χ4v) is 3.20. The Morgan fingerprint density at radius 2 is 2.20 bits per heavy atom. The van der Waals surface area contributed by atoms with E-state index >= 15 is 0 Å². The maximum absolute atomic E-state index is 12.2. The number of thiazole rings is 1. The van der Waals surface area contributed by atoms with E-state index in [9.17, 15) is 4.79 Å². The van der Waals surface area contributed by atoms with Crippen molar-refractivity contribution in [1.82, 2.24) is 30.1 Å². The highest BCUT2D eigenvalue weighted by Crippen LogP contribution is 2.19. The molecule has 0 radical (unpaired) electrons. The van der Waals surface area contributed by atoms with Crippen LogP contribution in [0.4, 0.5) is 0 Å². The number of rotatable bonds is 5. The molecule has 0 saturated heterocycles. The van der Waals surface area contributed by atoms with Crippen molar-refractivity contribution in [3.8, 4) is 11.4 Å². The van der Waals surface area contributed by atoms with E-state index in [1.54, 1.807) is 46.6 Å². The molecule has 0 saturated carbocycles. The molecule has 0 aromatic carbocycles. The number of hydrogen-bond donors (Lipinski definition) is 1. The molecule has 0 atom stereocenters. The van der Waals surface area contributed by atoms with Crippen LogP contribution in [-0.2, 0) is 6.42 Å². The molecule has 4 heterocycles. The molecule has 0 unspecified atom stereocenters. The van der Waals surface area contributed by atoms with Gasteiger partial charge in [-0.25, -0.2) is 9.50 Å². The van der Waals surface area contributed by atoms with E-state index in [4.69, 9.17) is 0 Å². The first-order valence-electron chi connectivity index (χ1n) is 7.74. The van der Waals surface area contributed by atoms with E-state index in [1.807, 2.05) is 23.6 Å². The monoisotopic (exact) mass is 350 g/mol. The number of carbonyl (C=O) groups excluding carboxylic acids is 1. The summed E-state index contributed by atoms with van der Waals surface area (Å²) < 4.78 is 1.62. The average Bonchev–Trinajstić information content (AvgIpc) is 3.31. The first-order valence-corrected chi connectivity index (χ1v) is 8.62. The second-order valence-electron chi connectivity index (χ2n) is 5.37. The van der Waals surface area contributed by atoms with Crippen LogP contribution >= 0.6 is 11.3 Å². The number of nitrogens with zero attached hydrogens (tertiary/aromatic N) is 5. The van der Waals surface area contributed by atoms with Crippen LogP contribution in [0.25, 0.3) is 16.9 Å². The van der Waals surface area contributed by atoms with Crippen molar-refractivity contribution in [2.24, 2.45) is 0 Å². The van der Waals surface area contributed by atoms with Crippen LogP contribution in [0.2, 0.25) is 0 Å². The van der Waals surface area contributed by atoms with Crippen molar-refractivity contribution < 1.29 is 4.79 Å². The highest BCUT2D eigenvalue weighted by atomic mass is 32.1. The number of fused-ring (bicyclic) bond motifs is 1. The summed E-state index contributed by atoms with van der Waals surface area (Å²) >= 11 is 1.57. The molecule has 0 aliphatic heterocycles. The summed E-state index contributed by atoms with van der Waals surface area (Å²) in [6.45, 7) is 0.525. The molecule has 0 spiro atoms. The zero-order valence-corrected chi connectivity index (χ0v) is 14.0. The van der Waals surface area contributed by atoms with Crippen molar-refractivity contribution in [3.63, 3.8) is 0 Å². The standard InChI is InChI=1S/C17H14N6OS/c24-17(12-5-8-23-13(9-12)10-20-22-23)19-7-4-16-21-15(11-25-16)14-3-1-2-6-18-14/h1-3,5-6,8-11H,4,7H2,(H,19,24). The van der Waals surface area contributed by atoms with Crippen molar-refractivity contribution in [2.75, 3.05) is 6.54 Å². The summed E-state index contributed by atoms with van der Waals surface area (Å²) in [6.07, 6.45) is 5.77. The molecular formula is C17H14N6OS. The Labute approximate surface area is 147 Å². The molecule has 25 heavy (non-hydrogen) atoms. The minimum Gasteiger partial charge on any atom is -0.352 e. The second kappa shape index (κ2) is 6.78. The molecule has 0 aliphatic rings. The Hall–Kier alpha value is -3.13. The van der Waals surface area contributed by atoms with E-state index in [0.717, 1.165) is 21.9 Å². The first kappa shape index (κ1) is 15.4. The van der Waals surface area contributed by atoms with Crippen molar-refractivity contribution in [2.45, 2.75) is 6.42 Å². The Balaban J connectivity index is 1.36. The number of nitrogens with one attached hydrogen (secondary N) is 1. The topological polar surface area (TPSA) is 85.1 Å². The van der Waals surface area contributed by atoms with Gasteiger partial charge in [-0.3, -0.25) is 9.78 Å². The van der Waals surface area contributed by atoms with Gasteiger partial charge in [-0.15, -0.1) is 16.4 Å².